The summed E-state index contributed by atoms with van der Waals surface area (Å²) in [5, 5.41) is -0.914. The highest BCUT2D eigenvalue weighted by atomic mass is 35.5. The van der Waals surface area contributed by atoms with Crippen LogP contribution in [-0.4, -0.2) is 0 Å². The maximum atomic E-state index is 13.5. The summed E-state index contributed by atoms with van der Waals surface area (Å²) in [7, 11) is 0. The van der Waals surface area contributed by atoms with Gasteiger partial charge in [0, 0.05) is 17.2 Å². The number of furan rings is 1. The van der Waals surface area contributed by atoms with E-state index in [1.165, 1.54) is 6.26 Å². The zero-order valence-electron chi connectivity index (χ0n) is 8.81. The van der Waals surface area contributed by atoms with Gasteiger partial charge in [0.15, 0.2) is 11.6 Å². The molecule has 5 heteroatoms. The molecule has 1 aromatic heterocycles. The Labute approximate surface area is 101 Å². The average molecular weight is 261 g/mol. The summed E-state index contributed by atoms with van der Waals surface area (Å²) in [6.07, 6.45) is 1.35. The minimum atomic E-state index is -1.24. The summed E-state index contributed by atoms with van der Waals surface area (Å²) in [4.78, 5) is 0. The van der Waals surface area contributed by atoms with Crippen LogP contribution in [0.2, 0.25) is 0 Å². The van der Waals surface area contributed by atoms with Crippen molar-refractivity contribution in [3.63, 3.8) is 0 Å². The Morgan fingerprint density at radius 3 is 2.29 bits per heavy atom. The van der Waals surface area contributed by atoms with E-state index in [4.69, 9.17) is 16.0 Å². The first-order valence-electron chi connectivity index (χ1n) is 4.82. The van der Waals surface area contributed by atoms with E-state index >= 15 is 0 Å². The third-order valence-corrected chi connectivity index (χ3v) is 2.84. The largest absolute Gasteiger partial charge is 0.469 e. The van der Waals surface area contributed by atoms with Crippen molar-refractivity contribution in [3.05, 3.63) is 58.8 Å². The lowest BCUT2D eigenvalue weighted by Gasteiger charge is -2.09. The van der Waals surface area contributed by atoms with Crippen LogP contribution in [0, 0.1) is 24.4 Å². The molecule has 0 aliphatic carbocycles. The molecule has 1 nitrogen and oxygen atoms in total. The molecule has 0 N–H and O–H groups in total. The van der Waals surface area contributed by atoms with E-state index in [1.807, 2.05) is 0 Å². The molecule has 0 aliphatic heterocycles. The van der Waals surface area contributed by atoms with Gasteiger partial charge in [0.1, 0.15) is 11.6 Å². The second kappa shape index (κ2) is 4.45. The lowest BCUT2D eigenvalue weighted by molar-refractivity contribution is 0.490. The topological polar surface area (TPSA) is 13.1 Å². The van der Waals surface area contributed by atoms with Crippen LogP contribution >= 0.6 is 11.6 Å². The Kier molecular flexibility index (Phi) is 3.15. The molecule has 0 spiro atoms. The van der Waals surface area contributed by atoms with Gasteiger partial charge in [-0.3, -0.25) is 0 Å². The second-order valence-corrected chi connectivity index (χ2v) is 4.08. The number of rotatable bonds is 2. The van der Waals surface area contributed by atoms with Gasteiger partial charge in [-0.25, -0.2) is 13.2 Å². The maximum Gasteiger partial charge on any atom is 0.161 e. The first-order valence-corrected chi connectivity index (χ1v) is 5.26. The van der Waals surface area contributed by atoms with Crippen LogP contribution < -0.4 is 0 Å². The van der Waals surface area contributed by atoms with Crippen LogP contribution in [0.3, 0.4) is 0 Å². The minimum Gasteiger partial charge on any atom is -0.469 e. The van der Waals surface area contributed by atoms with Crippen LogP contribution in [-0.2, 0) is 0 Å². The third-order valence-electron chi connectivity index (χ3n) is 2.36. The van der Waals surface area contributed by atoms with Gasteiger partial charge in [-0.05, 0) is 19.1 Å². The summed E-state index contributed by atoms with van der Waals surface area (Å²) in [5.41, 5.74) is 0.375. The molecular formula is C12H8ClF3O. The zero-order chi connectivity index (χ0) is 12.6. The van der Waals surface area contributed by atoms with Gasteiger partial charge in [0.25, 0.3) is 0 Å². The minimum absolute atomic E-state index is 0.119. The van der Waals surface area contributed by atoms with E-state index in [0.29, 0.717) is 17.4 Å². The Balaban J connectivity index is 2.43. The van der Waals surface area contributed by atoms with Gasteiger partial charge < -0.3 is 4.42 Å². The van der Waals surface area contributed by atoms with Crippen molar-refractivity contribution in [3.8, 4) is 0 Å². The first kappa shape index (κ1) is 12.0. The van der Waals surface area contributed by atoms with Gasteiger partial charge in [-0.2, -0.15) is 0 Å². The standard InChI is InChI=1S/C12H8ClF3O/c1-6-2-7(5-17-6)12(13)8-3-10(15)11(16)4-9(8)14/h2-5,12H,1H3. The molecule has 0 saturated carbocycles. The highest BCUT2D eigenvalue weighted by Gasteiger charge is 2.19. The molecule has 17 heavy (non-hydrogen) atoms. The number of halogens is 4. The molecular weight excluding hydrogens is 253 g/mol. The Bertz CT molecular complexity index is 551. The molecule has 0 saturated heterocycles. The number of alkyl halides is 1. The average Bonchev–Trinajstić information content (AvgIpc) is 2.69. The zero-order valence-corrected chi connectivity index (χ0v) is 9.56. The fourth-order valence-electron chi connectivity index (χ4n) is 1.51. The molecule has 90 valence electrons. The van der Waals surface area contributed by atoms with Crippen LogP contribution in [0.15, 0.2) is 28.9 Å². The molecule has 1 atom stereocenters. The number of benzene rings is 1. The summed E-state index contributed by atoms with van der Waals surface area (Å²) >= 11 is 5.99. The molecule has 0 fully saturated rings. The smallest absolute Gasteiger partial charge is 0.161 e. The van der Waals surface area contributed by atoms with Crippen molar-refractivity contribution in [2.45, 2.75) is 12.3 Å². The quantitative estimate of drug-likeness (QED) is 0.578. The fourth-order valence-corrected chi connectivity index (χ4v) is 1.79. The van der Waals surface area contributed by atoms with E-state index in [2.05, 4.69) is 0 Å². The van der Waals surface area contributed by atoms with Crippen molar-refractivity contribution in [1.29, 1.82) is 0 Å². The van der Waals surface area contributed by atoms with Gasteiger partial charge in [0.05, 0.1) is 11.6 Å². The van der Waals surface area contributed by atoms with Crippen molar-refractivity contribution in [1.82, 2.24) is 0 Å². The molecule has 1 unspecified atom stereocenters. The third kappa shape index (κ3) is 2.31. The van der Waals surface area contributed by atoms with Crippen LogP contribution in [0.4, 0.5) is 13.2 Å². The highest BCUT2D eigenvalue weighted by Crippen LogP contribution is 2.32. The Hall–Kier alpha value is -1.42. The van der Waals surface area contributed by atoms with Gasteiger partial charge >= 0.3 is 0 Å². The van der Waals surface area contributed by atoms with E-state index in [9.17, 15) is 13.2 Å². The maximum absolute atomic E-state index is 13.5. The summed E-state index contributed by atoms with van der Waals surface area (Å²) < 4.78 is 44.2. The normalized spacial score (nSPS) is 12.8. The van der Waals surface area contributed by atoms with Crippen molar-refractivity contribution in [2.24, 2.45) is 0 Å². The van der Waals surface area contributed by atoms with E-state index in [-0.39, 0.29) is 5.56 Å². The molecule has 2 aromatic rings. The molecule has 1 heterocycles. The van der Waals surface area contributed by atoms with Gasteiger partial charge in [-0.15, -0.1) is 11.6 Å². The van der Waals surface area contributed by atoms with Crippen LogP contribution in [0.25, 0.3) is 0 Å². The van der Waals surface area contributed by atoms with Crippen LogP contribution in [0.5, 0.6) is 0 Å². The number of hydrogen-bond donors (Lipinski definition) is 0. The number of hydrogen-bond acceptors (Lipinski definition) is 1. The summed E-state index contributed by atoms with van der Waals surface area (Å²) in [5.74, 6) is -2.65. The number of aryl methyl sites for hydroxylation is 1. The molecule has 1 aromatic carbocycles. The van der Waals surface area contributed by atoms with Crippen molar-refractivity contribution < 1.29 is 17.6 Å². The monoisotopic (exact) mass is 260 g/mol. The molecule has 0 amide bonds. The fraction of sp³-hybridized carbons (Fsp3) is 0.167. The summed E-state index contributed by atoms with van der Waals surface area (Å²) in [6, 6.07) is 2.84. The Morgan fingerprint density at radius 2 is 1.71 bits per heavy atom. The second-order valence-electron chi connectivity index (χ2n) is 3.64. The van der Waals surface area contributed by atoms with E-state index in [1.54, 1.807) is 13.0 Å². The lowest BCUT2D eigenvalue weighted by Crippen LogP contribution is -1.99. The van der Waals surface area contributed by atoms with Gasteiger partial charge in [0.2, 0.25) is 0 Å². The molecule has 0 bridgehead atoms. The SMILES string of the molecule is Cc1cc(C(Cl)c2cc(F)c(F)cc2F)co1. The van der Waals surface area contributed by atoms with E-state index < -0.39 is 22.8 Å². The molecule has 0 radical (unpaired) electrons. The summed E-state index contributed by atoms with van der Waals surface area (Å²) in [6.45, 7) is 1.70. The molecule has 0 aliphatic rings. The first-order chi connectivity index (χ1) is 7.99. The van der Waals surface area contributed by atoms with Crippen LogP contribution in [0.1, 0.15) is 22.3 Å². The highest BCUT2D eigenvalue weighted by molar-refractivity contribution is 6.22. The predicted molar refractivity (Wildman–Crippen MR) is 57.5 cm³/mol. The predicted octanol–water partition coefficient (Wildman–Crippen LogP) is 4.33. The van der Waals surface area contributed by atoms with Crippen molar-refractivity contribution in [2.75, 3.05) is 0 Å². The van der Waals surface area contributed by atoms with Crippen molar-refractivity contribution >= 4 is 11.6 Å². The van der Waals surface area contributed by atoms with E-state index in [0.717, 1.165) is 6.07 Å². The molecule has 2 rings (SSSR count). The van der Waals surface area contributed by atoms with Gasteiger partial charge in [-0.1, -0.05) is 0 Å². The Morgan fingerprint density at radius 1 is 1.06 bits per heavy atom. The lowest BCUT2D eigenvalue weighted by atomic mass is 10.1.